The van der Waals surface area contributed by atoms with Crippen molar-refractivity contribution in [2.75, 3.05) is 5.75 Å². The molecule has 0 heterocycles. The summed E-state index contributed by atoms with van der Waals surface area (Å²) in [7, 11) is -3.05. The molecule has 0 aromatic heterocycles. The Bertz CT molecular complexity index is 352. The molecule has 2 rings (SSSR count). The van der Waals surface area contributed by atoms with Gasteiger partial charge in [0.1, 0.15) is 0 Å². The van der Waals surface area contributed by atoms with Gasteiger partial charge >= 0.3 is 0 Å². The Labute approximate surface area is 105 Å². The normalized spacial score (nSPS) is 34.1. The minimum absolute atomic E-state index is 0.132. The molecule has 4 atom stereocenters. The van der Waals surface area contributed by atoms with E-state index in [0.717, 1.165) is 24.7 Å². The third kappa shape index (κ3) is 3.22. The molecule has 2 saturated carbocycles. The molecule has 4 heteroatoms. The number of sulfonamides is 1. The van der Waals surface area contributed by atoms with E-state index in [9.17, 15) is 8.42 Å². The zero-order valence-electron chi connectivity index (χ0n) is 11.0. The van der Waals surface area contributed by atoms with Crippen molar-refractivity contribution in [2.24, 2.45) is 17.8 Å². The van der Waals surface area contributed by atoms with Crippen molar-refractivity contribution in [3.63, 3.8) is 0 Å². The molecule has 1 N–H and O–H groups in total. The standard InChI is InChI=1S/C13H25NO2S/c1-3-4-7-17(15,16)14-10(2)13-9-11-5-6-12(13)8-11/h10-14H,3-9H2,1-2H3/t10-,11+,12+,13-/m0/s1. The zero-order chi connectivity index (χ0) is 12.5. The Morgan fingerprint density at radius 1 is 1.29 bits per heavy atom. The van der Waals surface area contributed by atoms with E-state index in [0.29, 0.717) is 5.92 Å². The second-order valence-electron chi connectivity index (χ2n) is 5.92. The second kappa shape index (κ2) is 5.27. The number of rotatable bonds is 6. The maximum atomic E-state index is 11.9. The van der Waals surface area contributed by atoms with E-state index in [-0.39, 0.29) is 11.8 Å². The highest BCUT2D eigenvalue weighted by Crippen LogP contribution is 2.49. The van der Waals surface area contributed by atoms with Crippen LogP contribution in [0.25, 0.3) is 0 Å². The Balaban J connectivity index is 1.86. The van der Waals surface area contributed by atoms with E-state index < -0.39 is 10.0 Å². The van der Waals surface area contributed by atoms with E-state index in [4.69, 9.17) is 0 Å². The molecular weight excluding hydrogens is 234 g/mol. The van der Waals surface area contributed by atoms with Gasteiger partial charge in [-0.2, -0.15) is 0 Å². The zero-order valence-corrected chi connectivity index (χ0v) is 11.8. The summed E-state index contributed by atoms with van der Waals surface area (Å²) in [6.07, 6.45) is 6.96. The molecule has 0 aromatic carbocycles. The van der Waals surface area contributed by atoms with Gasteiger partial charge in [0.05, 0.1) is 5.75 Å². The monoisotopic (exact) mass is 259 g/mol. The summed E-state index contributed by atoms with van der Waals surface area (Å²) in [6, 6.07) is 0.132. The molecule has 0 unspecified atom stereocenters. The van der Waals surface area contributed by atoms with Gasteiger partial charge in [-0.05, 0) is 50.4 Å². The van der Waals surface area contributed by atoms with Crippen molar-refractivity contribution in [1.82, 2.24) is 4.72 Å². The molecule has 0 saturated heterocycles. The molecule has 0 spiro atoms. The van der Waals surface area contributed by atoms with Crippen LogP contribution in [0, 0.1) is 17.8 Å². The number of hydrogen-bond acceptors (Lipinski definition) is 2. The summed E-state index contributed by atoms with van der Waals surface area (Å²) < 4.78 is 26.6. The first-order valence-electron chi connectivity index (χ1n) is 7.02. The molecule has 0 amide bonds. The Morgan fingerprint density at radius 3 is 2.59 bits per heavy atom. The topological polar surface area (TPSA) is 46.2 Å². The van der Waals surface area contributed by atoms with E-state index >= 15 is 0 Å². The minimum atomic E-state index is -3.05. The molecule has 2 bridgehead atoms. The second-order valence-corrected chi connectivity index (χ2v) is 7.79. The van der Waals surface area contributed by atoms with Crippen molar-refractivity contribution < 1.29 is 8.42 Å². The molecule has 17 heavy (non-hydrogen) atoms. The number of unbranched alkanes of at least 4 members (excludes halogenated alkanes) is 1. The highest BCUT2D eigenvalue weighted by Gasteiger charge is 2.42. The van der Waals surface area contributed by atoms with Crippen molar-refractivity contribution >= 4 is 10.0 Å². The van der Waals surface area contributed by atoms with Crippen LogP contribution in [0.5, 0.6) is 0 Å². The van der Waals surface area contributed by atoms with Gasteiger partial charge in [-0.3, -0.25) is 0 Å². The van der Waals surface area contributed by atoms with Crippen LogP contribution in [-0.4, -0.2) is 20.2 Å². The number of fused-ring (bicyclic) bond motifs is 2. The van der Waals surface area contributed by atoms with Crippen LogP contribution in [0.3, 0.4) is 0 Å². The van der Waals surface area contributed by atoms with Crippen molar-refractivity contribution in [1.29, 1.82) is 0 Å². The number of hydrogen-bond donors (Lipinski definition) is 1. The summed E-state index contributed by atoms with van der Waals surface area (Å²) >= 11 is 0. The van der Waals surface area contributed by atoms with Crippen molar-refractivity contribution in [2.45, 2.75) is 58.4 Å². The van der Waals surface area contributed by atoms with Crippen molar-refractivity contribution in [3.05, 3.63) is 0 Å². The third-order valence-corrected chi connectivity index (χ3v) is 6.12. The smallest absolute Gasteiger partial charge is 0.211 e. The summed E-state index contributed by atoms with van der Waals surface area (Å²) in [5.41, 5.74) is 0. The highest BCUT2D eigenvalue weighted by molar-refractivity contribution is 7.89. The Kier molecular flexibility index (Phi) is 4.14. The van der Waals surface area contributed by atoms with Gasteiger partial charge in [-0.25, -0.2) is 13.1 Å². The first-order valence-corrected chi connectivity index (χ1v) is 8.67. The number of nitrogens with one attached hydrogen (secondary N) is 1. The van der Waals surface area contributed by atoms with Crippen LogP contribution >= 0.6 is 0 Å². The van der Waals surface area contributed by atoms with E-state index in [1.54, 1.807) is 0 Å². The average molecular weight is 259 g/mol. The summed E-state index contributed by atoms with van der Waals surface area (Å²) in [6.45, 7) is 4.07. The molecular formula is C13H25NO2S. The van der Waals surface area contributed by atoms with Gasteiger partial charge in [0.25, 0.3) is 0 Å². The predicted octanol–water partition coefficient (Wildman–Crippen LogP) is 2.53. The van der Waals surface area contributed by atoms with E-state index in [1.807, 2.05) is 6.92 Å². The fraction of sp³-hybridized carbons (Fsp3) is 1.00. The van der Waals surface area contributed by atoms with Crippen LogP contribution in [0.1, 0.15) is 52.4 Å². The molecule has 0 aliphatic heterocycles. The van der Waals surface area contributed by atoms with Gasteiger partial charge in [-0.1, -0.05) is 19.8 Å². The largest absolute Gasteiger partial charge is 0.212 e. The van der Waals surface area contributed by atoms with Crippen LogP contribution in [0.4, 0.5) is 0 Å². The lowest BCUT2D eigenvalue weighted by Gasteiger charge is -2.28. The van der Waals surface area contributed by atoms with Gasteiger partial charge < -0.3 is 0 Å². The summed E-state index contributed by atoms with van der Waals surface area (Å²) in [4.78, 5) is 0. The summed E-state index contributed by atoms with van der Waals surface area (Å²) in [5, 5.41) is 0. The van der Waals surface area contributed by atoms with Crippen LogP contribution in [0.2, 0.25) is 0 Å². The quantitative estimate of drug-likeness (QED) is 0.796. The van der Waals surface area contributed by atoms with Crippen LogP contribution in [-0.2, 0) is 10.0 Å². The third-order valence-electron chi connectivity index (χ3n) is 4.57. The lowest BCUT2D eigenvalue weighted by Crippen LogP contribution is -2.41. The Hall–Kier alpha value is -0.0900. The maximum absolute atomic E-state index is 11.9. The van der Waals surface area contributed by atoms with Crippen LogP contribution in [0.15, 0.2) is 0 Å². The van der Waals surface area contributed by atoms with Gasteiger partial charge in [0, 0.05) is 6.04 Å². The lowest BCUT2D eigenvalue weighted by molar-refractivity contribution is 0.280. The maximum Gasteiger partial charge on any atom is 0.211 e. The minimum Gasteiger partial charge on any atom is -0.212 e. The Morgan fingerprint density at radius 2 is 2.06 bits per heavy atom. The first kappa shape index (κ1) is 13.3. The fourth-order valence-electron chi connectivity index (χ4n) is 3.67. The molecule has 2 aliphatic rings. The molecule has 0 aromatic rings. The van der Waals surface area contributed by atoms with Gasteiger partial charge in [-0.15, -0.1) is 0 Å². The van der Waals surface area contributed by atoms with Crippen molar-refractivity contribution in [3.8, 4) is 0 Å². The van der Waals surface area contributed by atoms with Gasteiger partial charge in [0.2, 0.25) is 10.0 Å². The SMILES string of the molecule is CCCCS(=O)(=O)N[C@@H](C)[C@@H]1C[C@@H]2CC[C@@H]1C2. The van der Waals surface area contributed by atoms with E-state index in [1.165, 1.54) is 25.7 Å². The molecule has 0 radical (unpaired) electrons. The summed E-state index contributed by atoms with van der Waals surface area (Å²) in [5.74, 6) is 2.54. The van der Waals surface area contributed by atoms with E-state index in [2.05, 4.69) is 11.6 Å². The lowest BCUT2D eigenvalue weighted by atomic mass is 9.84. The molecule has 2 aliphatic carbocycles. The highest BCUT2D eigenvalue weighted by atomic mass is 32.2. The molecule has 3 nitrogen and oxygen atoms in total. The van der Waals surface area contributed by atoms with Crippen LogP contribution < -0.4 is 4.72 Å². The fourth-order valence-corrected chi connectivity index (χ4v) is 5.20. The predicted molar refractivity (Wildman–Crippen MR) is 70.2 cm³/mol. The molecule has 2 fully saturated rings. The average Bonchev–Trinajstić information content (AvgIpc) is 2.87. The molecule has 100 valence electrons. The van der Waals surface area contributed by atoms with Gasteiger partial charge in [0.15, 0.2) is 0 Å². The first-order chi connectivity index (χ1) is 8.02.